The van der Waals surface area contributed by atoms with Crippen LogP contribution in [0.25, 0.3) is 6.08 Å². The fraction of sp³-hybridized carbons (Fsp3) is 0.346. The maximum absolute atomic E-state index is 13.2. The van der Waals surface area contributed by atoms with Crippen molar-refractivity contribution in [2.75, 3.05) is 9.80 Å². The van der Waals surface area contributed by atoms with Gasteiger partial charge < -0.3 is 4.90 Å². The summed E-state index contributed by atoms with van der Waals surface area (Å²) in [6.45, 7) is 11.0. The van der Waals surface area contributed by atoms with Crippen LogP contribution in [0.4, 0.5) is 16.2 Å². The minimum Gasteiger partial charge on any atom is -0.364 e. The summed E-state index contributed by atoms with van der Waals surface area (Å²) in [5.74, 6) is -1.18. The van der Waals surface area contributed by atoms with Gasteiger partial charge in [-0.05, 0) is 87.6 Å². The number of barbiturate groups is 1. The molecule has 1 fully saturated rings. The van der Waals surface area contributed by atoms with Gasteiger partial charge in [-0.2, -0.15) is 0 Å². The number of nitrogens with one attached hydrogen (secondary N) is 1. The molecule has 0 spiro atoms. The lowest BCUT2D eigenvalue weighted by Crippen LogP contribution is -2.54. The van der Waals surface area contributed by atoms with Crippen LogP contribution in [0.1, 0.15) is 58.1 Å². The van der Waals surface area contributed by atoms with Crippen LogP contribution in [-0.2, 0) is 9.59 Å². The molecule has 4 rings (SSSR count). The third-order valence-corrected chi connectivity index (χ3v) is 6.92. The van der Waals surface area contributed by atoms with Gasteiger partial charge in [-0.1, -0.05) is 36.2 Å². The van der Waals surface area contributed by atoms with Crippen molar-refractivity contribution in [1.29, 1.82) is 0 Å². The number of hydrogen-bond donors (Lipinski definition) is 1. The summed E-state index contributed by atoms with van der Waals surface area (Å²) in [6, 6.07) is 9.86. The Morgan fingerprint density at radius 3 is 2.38 bits per heavy atom. The van der Waals surface area contributed by atoms with Crippen LogP contribution in [0.2, 0.25) is 10.0 Å². The standard InChI is InChI=1S/C26H27Cl2N3O3/c1-14(2)31-21-8-6-16(10-18(21)15(3)13-26(31,4)5)11-19-23(32)29-25(34)30(24(19)33)22-9-7-17(27)12-20(22)28/h6-12,14-15H,13H2,1-5H3,(H,29,32,34)/b19-11+/t15-/m0/s1. The molecule has 2 aromatic carbocycles. The normalized spacial score (nSPS) is 21.2. The van der Waals surface area contributed by atoms with Gasteiger partial charge in [0.25, 0.3) is 11.8 Å². The lowest BCUT2D eigenvalue weighted by atomic mass is 9.78. The molecular weight excluding hydrogens is 473 g/mol. The number of carbonyl (C=O) groups is 3. The molecule has 2 aliphatic rings. The Hall–Kier alpha value is -2.83. The van der Waals surface area contributed by atoms with Crippen molar-refractivity contribution < 1.29 is 14.4 Å². The third-order valence-electron chi connectivity index (χ3n) is 6.38. The van der Waals surface area contributed by atoms with E-state index in [4.69, 9.17) is 23.2 Å². The summed E-state index contributed by atoms with van der Waals surface area (Å²) in [6.07, 6.45) is 2.50. The second-order valence-corrected chi connectivity index (χ2v) is 10.6. The fourth-order valence-corrected chi connectivity index (χ4v) is 5.74. The first kappa shape index (κ1) is 24.3. The average Bonchev–Trinajstić information content (AvgIpc) is 2.72. The van der Waals surface area contributed by atoms with Crippen LogP contribution in [0.5, 0.6) is 0 Å². The van der Waals surface area contributed by atoms with Gasteiger partial charge in [0.05, 0.1) is 10.7 Å². The van der Waals surface area contributed by atoms with Gasteiger partial charge in [-0.3, -0.25) is 14.9 Å². The van der Waals surface area contributed by atoms with Crippen molar-refractivity contribution in [3.05, 3.63) is 63.1 Å². The molecule has 178 valence electrons. The van der Waals surface area contributed by atoms with Crippen LogP contribution in [0, 0.1) is 0 Å². The first-order chi connectivity index (χ1) is 15.9. The number of nitrogens with zero attached hydrogens (tertiary/aromatic N) is 2. The van der Waals surface area contributed by atoms with Crippen LogP contribution < -0.4 is 15.1 Å². The summed E-state index contributed by atoms with van der Waals surface area (Å²) in [5, 5.41) is 2.73. The van der Waals surface area contributed by atoms with E-state index in [9.17, 15) is 14.4 Å². The molecule has 34 heavy (non-hydrogen) atoms. The first-order valence-corrected chi connectivity index (χ1v) is 12.0. The molecule has 0 radical (unpaired) electrons. The van der Waals surface area contributed by atoms with E-state index in [-0.39, 0.29) is 21.8 Å². The van der Waals surface area contributed by atoms with Gasteiger partial charge in [-0.15, -0.1) is 0 Å². The lowest BCUT2D eigenvalue weighted by molar-refractivity contribution is -0.122. The molecule has 0 aromatic heterocycles. The number of carbonyl (C=O) groups excluding carboxylic acids is 3. The van der Waals surface area contributed by atoms with Gasteiger partial charge in [0, 0.05) is 22.3 Å². The van der Waals surface area contributed by atoms with Gasteiger partial charge in [0.15, 0.2) is 0 Å². The number of anilines is 2. The topological polar surface area (TPSA) is 69.7 Å². The Balaban J connectivity index is 1.75. The molecular formula is C26H27Cl2N3O3. The Morgan fingerprint density at radius 2 is 1.74 bits per heavy atom. The Labute approximate surface area is 209 Å². The number of urea groups is 1. The summed E-state index contributed by atoms with van der Waals surface area (Å²) in [7, 11) is 0. The second-order valence-electron chi connectivity index (χ2n) is 9.75. The third kappa shape index (κ3) is 4.21. The quantitative estimate of drug-likeness (QED) is 0.405. The molecule has 1 N–H and O–H groups in total. The number of hydrogen-bond acceptors (Lipinski definition) is 4. The highest BCUT2D eigenvalue weighted by Gasteiger charge is 2.39. The maximum Gasteiger partial charge on any atom is 0.335 e. The average molecular weight is 500 g/mol. The van der Waals surface area contributed by atoms with Crippen LogP contribution in [0.3, 0.4) is 0 Å². The summed E-state index contributed by atoms with van der Waals surface area (Å²) >= 11 is 12.2. The zero-order valence-electron chi connectivity index (χ0n) is 19.8. The molecule has 2 aromatic rings. The monoisotopic (exact) mass is 499 g/mol. The summed E-state index contributed by atoms with van der Waals surface area (Å²) in [5.41, 5.74) is 3.06. The van der Waals surface area contributed by atoms with E-state index >= 15 is 0 Å². The Morgan fingerprint density at radius 1 is 1.06 bits per heavy atom. The first-order valence-electron chi connectivity index (χ1n) is 11.2. The molecule has 1 saturated heterocycles. The van der Waals surface area contributed by atoms with E-state index in [1.165, 1.54) is 29.8 Å². The molecule has 0 bridgehead atoms. The minimum absolute atomic E-state index is 0.0124. The molecule has 2 aliphatic heterocycles. The molecule has 1 atom stereocenters. The second kappa shape index (κ2) is 8.75. The molecule has 0 saturated carbocycles. The van der Waals surface area contributed by atoms with E-state index in [2.05, 4.69) is 44.8 Å². The fourth-order valence-electron chi connectivity index (χ4n) is 5.24. The minimum atomic E-state index is -0.856. The number of fused-ring (bicyclic) bond motifs is 1. The number of rotatable bonds is 3. The summed E-state index contributed by atoms with van der Waals surface area (Å²) in [4.78, 5) is 41.6. The number of imide groups is 2. The van der Waals surface area contributed by atoms with E-state index in [0.29, 0.717) is 22.5 Å². The van der Waals surface area contributed by atoms with Crippen LogP contribution >= 0.6 is 23.2 Å². The zero-order valence-corrected chi connectivity index (χ0v) is 21.3. The van der Waals surface area contributed by atoms with E-state index in [1.807, 2.05) is 18.2 Å². The highest BCUT2D eigenvalue weighted by atomic mass is 35.5. The molecule has 6 nitrogen and oxygen atoms in total. The predicted molar refractivity (Wildman–Crippen MR) is 137 cm³/mol. The largest absolute Gasteiger partial charge is 0.364 e. The maximum atomic E-state index is 13.2. The van der Waals surface area contributed by atoms with E-state index in [0.717, 1.165) is 17.0 Å². The van der Waals surface area contributed by atoms with Crippen molar-refractivity contribution in [2.24, 2.45) is 0 Å². The summed E-state index contributed by atoms with van der Waals surface area (Å²) < 4.78 is 0. The number of amides is 4. The molecule has 8 heteroatoms. The highest BCUT2D eigenvalue weighted by molar-refractivity contribution is 6.42. The molecule has 0 unspecified atom stereocenters. The van der Waals surface area contributed by atoms with Crippen molar-refractivity contribution in [3.63, 3.8) is 0 Å². The van der Waals surface area contributed by atoms with Crippen LogP contribution in [0.15, 0.2) is 42.0 Å². The van der Waals surface area contributed by atoms with E-state index < -0.39 is 17.8 Å². The van der Waals surface area contributed by atoms with Crippen molar-refractivity contribution >= 4 is 58.5 Å². The van der Waals surface area contributed by atoms with Crippen molar-refractivity contribution in [2.45, 2.75) is 58.5 Å². The zero-order chi connectivity index (χ0) is 24.9. The number of halogens is 2. The van der Waals surface area contributed by atoms with Crippen molar-refractivity contribution in [3.8, 4) is 0 Å². The molecule has 2 heterocycles. The van der Waals surface area contributed by atoms with Crippen molar-refractivity contribution in [1.82, 2.24) is 5.32 Å². The molecule has 4 amide bonds. The molecule has 0 aliphatic carbocycles. The predicted octanol–water partition coefficient (Wildman–Crippen LogP) is 6.16. The number of benzene rings is 2. The smallest absolute Gasteiger partial charge is 0.335 e. The van der Waals surface area contributed by atoms with Gasteiger partial charge >= 0.3 is 6.03 Å². The SMILES string of the molecule is CC(C)N1c2ccc(/C=C3\C(=O)NC(=O)N(c4ccc(Cl)cc4Cl)C3=O)cc2[C@@H](C)CC1(C)C. The van der Waals surface area contributed by atoms with Gasteiger partial charge in [0.1, 0.15) is 5.57 Å². The Bertz CT molecular complexity index is 1240. The van der Waals surface area contributed by atoms with E-state index in [1.54, 1.807) is 0 Å². The highest BCUT2D eigenvalue weighted by Crippen LogP contribution is 2.45. The van der Waals surface area contributed by atoms with Crippen LogP contribution in [-0.4, -0.2) is 29.4 Å². The van der Waals surface area contributed by atoms with Gasteiger partial charge in [0.2, 0.25) is 0 Å². The lowest BCUT2D eigenvalue weighted by Gasteiger charge is -2.50. The Kier molecular flexibility index (Phi) is 6.25. The van der Waals surface area contributed by atoms with Gasteiger partial charge in [-0.25, -0.2) is 9.69 Å².